The average molecular weight is 224 g/mol. The monoisotopic (exact) mass is 224 g/mol. The molecule has 1 aromatic heterocycles. The summed E-state index contributed by atoms with van der Waals surface area (Å²) in [5, 5.41) is 0. The molecule has 0 aliphatic heterocycles. The summed E-state index contributed by atoms with van der Waals surface area (Å²) < 4.78 is 5.32. The van der Waals surface area contributed by atoms with Crippen LogP contribution < -0.4 is 15.4 Å². The van der Waals surface area contributed by atoms with Crippen LogP contribution in [0.4, 0.5) is 5.82 Å². The van der Waals surface area contributed by atoms with Crippen molar-refractivity contribution in [2.45, 2.75) is 26.8 Å². The molecule has 5 nitrogen and oxygen atoms in total. The molecule has 0 amide bonds. The number of ether oxygens (including phenoxy) is 1. The minimum Gasteiger partial charge on any atom is -0.477 e. The number of rotatable bonds is 6. The van der Waals surface area contributed by atoms with Crippen LogP contribution in [0, 0.1) is 0 Å². The molecule has 0 aromatic carbocycles. The Balaban J connectivity index is 2.86. The van der Waals surface area contributed by atoms with Crippen molar-refractivity contribution in [2.75, 3.05) is 24.6 Å². The summed E-state index contributed by atoms with van der Waals surface area (Å²) in [6.07, 6.45) is 3.35. The van der Waals surface area contributed by atoms with Crippen LogP contribution >= 0.6 is 0 Å². The first-order valence-electron chi connectivity index (χ1n) is 5.60. The Labute approximate surface area is 96.6 Å². The molecule has 1 heterocycles. The van der Waals surface area contributed by atoms with Gasteiger partial charge in [-0.25, -0.2) is 0 Å². The normalized spacial score (nSPS) is 10.6. The minimum absolute atomic E-state index is 0.342. The molecular weight excluding hydrogens is 204 g/mol. The molecule has 2 N–H and O–H groups in total. The third-order valence-electron chi connectivity index (χ3n) is 2.18. The maximum Gasteiger partial charge on any atom is 0.234 e. The lowest BCUT2D eigenvalue weighted by atomic mass is 10.3. The first-order chi connectivity index (χ1) is 7.69. The van der Waals surface area contributed by atoms with Gasteiger partial charge in [-0.2, -0.15) is 4.98 Å². The number of hydrogen-bond donors (Lipinski definition) is 1. The van der Waals surface area contributed by atoms with E-state index in [0.29, 0.717) is 25.1 Å². The van der Waals surface area contributed by atoms with E-state index in [2.05, 4.69) is 28.7 Å². The van der Waals surface area contributed by atoms with Crippen molar-refractivity contribution in [1.82, 2.24) is 9.97 Å². The molecule has 16 heavy (non-hydrogen) atoms. The van der Waals surface area contributed by atoms with Gasteiger partial charge in [-0.15, -0.1) is 0 Å². The predicted octanol–water partition coefficient (Wildman–Crippen LogP) is 1.05. The summed E-state index contributed by atoms with van der Waals surface area (Å²) in [5.41, 5.74) is 5.58. The van der Waals surface area contributed by atoms with Crippen molar-refractivity contribution in [3.05, 3.63) is 12.4 Å². The summed E-state index contributed by atoms with van der Waals surface area (Å²) >= 11 is 0. The molecule has 0 spiro atoms. The lowest BCUT2D eigenvalue weighted by Crippen LogP contribution is -2.36. The van der Waals surface area contributed by atoms with Crippen molar-refractivity contribution < 1.29 is 4.74 Å². The van der Waals surface area contributed by atoms with Crippen LogP contribution in [0.25, 0.3) is 0 Å². The first-order valence-corrected chi connectivity index (χ1v) is 5.60. The lowest BCUT2D eigenvalue weighted by molar-refractivity contribution is 0.325. The van der Waals surface area contributed by atoms with Gasteiger partial charge in [-0.05, 0) is 20.8 Å². The van der Waals surface area contributed by atoms with Gasteiger partial charge in [-0.3, -0.25) is 4.98 Å². The van der Waals surface area contributed by atoms with Crippen LogP contribution in [0.1, 0.15) is 20.8 Å². The fourth-order valence-electron chi connectivity index (χ4n) is 1.47. The second-order valence-electron chi connectivity index (χ2n) is 3.72. The van der Waals surface area contributed by atoms with Crippen molar-refractivity contribution in [3.63, 3.8) is 0 Å². The van der Waals surface area contributed by atoms with Gasteiger partial charge < -0.3 is 15.4 Å². The van der Waals surface area contributed by atoms with Crippen molar-refractivity contribution in [2.24, 2.45) is 5.73 Å². The number of hydrogen-bond acceptors (Lipinski definition) is 5. The van der Waals surface area contributed by atoms with Gasteiger partial charge in [0.15, 0.2) is 5.82 Å². The number of nitrogens with two attached hydrogens (primary N) is 1. The molecule has 1 rings (SSSR count). The summed E-state index contributed by atoms with van der Waals surface area (Å²) in [4.78, 5) is 10.6. The summed E-state index contributed by atoms with van der Waals surface area (Å²) in [7, 11) is 0. The Bertz CT molecular complexity index is 317. The predicted molar refractivity (Wildman–Crippen MR) is 64.7 cm³/mol. The Morgan fingerprint density at radius 1 is 1.44 bits per heavy atom. The zero-order valence-corrected chi connectivity index (χ0v) is 10.2. The number of nitrogens with zero attached hydrogens (tertiary/aromatic N) is 3. The third kappa shape index (κ3) is 3.34. The second kappa shape index (κ2) is 6.27. The molecule has 0 fully saturated rings. The molecule has 0 saturated carbocycles. The Kier molecular flexibility index (Phi) is 4.98. The van der Waals surface area contributed by atoms with E-state index in [-0.39, 0.29) is 0 Å². The molecule has 1 aromatic rings. The minimum atomic E-state index is 0.342. The molecule has 0 unspecified atom stereocenters. The van der Waals surface area contributed by atoms with E-state index in [1.807, 2.05) is 6.92 Å². The molecule has 0 aliphatic rings. The van der Waals surface area contributed by atoms with Gasteiger partial charge in [0.1, 0.15) is 0 Å². The summed E-state index contributed by atoms with van der Waals surface area (Å²) in [6, 6.07) is 0.342. The summed E-state index contributed by atoms with van der Waals surface area (Å²) in [6.45, 7) is 8.08. The zero-order chi connectivity index (χ0) is 12.0. The highest BCUT2D eigenvalue weighted by atomic mass is 16.5. The standard InChI is InChI=1S/C11H20N4O/c1-4-16-11-8-13-7-10(14-11)15(6-5-12)9(2)3/h7-9H,4-6,12H2,1-3H3. The Hall–Kier alpha value is -1.36. The van der Waals surface area contributed by atoms with Crippen LogP contribution in [-0.2, 0) is 0 Å². The molecule has 90 valence electrons. The molecule has 0 bridgehead atoms. The van der Waals surface area contributed by atoms with Gasteiger partial charge >= 0.3 is 0 Å². The molecule has 0 saturated heterocycles. The SMILES string of the molecule is CCOc1cncc(N(CCN)C(C)C)n1. The molecule has 5 heteroatoms. The first kappa shape index (κ1) is 12.7. The quantitative estimate of drug-likeness (QED) is 0.782. The highest BCUT2D eigenvalue weighted by Gasteiger charge is 2.12. The topological polar surface area (TPSA) is 64.3 Å². The number of aromatic nitrogens is 2. The van der Waals surface area contributed by atoms with E-state index in [1.54, 1.807) is 12.4 Å². The van der Waals surface area contributed by atoms with E-state index in [1.165, 1.54) is 0 Å². The second-order valence-corrected chi connectivity index (χ2v) is 3.72. The van der Waals surface area contributed by atoms with Crippen molar-refractivity contribution in [1.29, 1.82) is 0 Å². The summed E-state index contributed by atoms with van der Waals surface area (Å²) in [5.74, 6) is 1.37. The Morgan fingerprint density at radius 2 is 2.19 bits per heavy atom. The molecule has 0 aliphatic carbocycles. The van der Waals surface area contributed by atoms with Crippen LogP contribution in [0.5, 0.6) is 5.88 Å². The van der Waals surface area contributed by atoms with Crippen LogP contribution in [-0.4, -0.2) is 35.7 Å². The van der Waals surface area contributed by atoms with Gasteiger partial charge in [0.25, 0.3) is 0 Å². The average Bonchev–Trinajstić information content (AvgIpc) is 2.26. The smallest absolute Gasteiger partial charge is 0.234 e. The fourth-order valence-corrected chi connectivity index (χ4v) is 1.47. The highest BCUT2D eigenvalue weighted by Crippen LogP contribution is 2.15. The van der Waals surface area contributed by atoms with Crippen molar-refractivity contribution in [3.8, 4) is 5.88 Å². The van der Waals surface area contributed by atoms with Gasteiger partial charge in [0, 0.05) is 19.1 Å². The number of anilines is 1. The third-order valence-corrected chi connectivity index (χ3v) is 2.18. The maximum atomic E-state index is 5.58. The fraction of sp³-hybridized carbons (Fsp3) is 0.636. The van der Waals surface area contributed by atoms with E-state index < -0.39 is 0 Å². The van der Waals surface area contributed by atoms with Crippen molar-refractivity contribution >= 4 is 5.82 Å². The Morgan fingerprint density at radius 3 is 2.75 bits per heavy atom. The van der Waals surface area contributed by atoms with E-state index in [9.17, 15) is 0 Å². The molecule has 0 atom stereocenters. The largest absolute Gasteiger partial charge is 0.477 e. The van der Waals surface area contributed by atoms with Crippen LogP contribution in [0.2, 0.25) is 0 Å². The van der Waals surface area contributed by atoms with E-state index in [4.69, 9.17) is 10.5 Å². The zero-order valence-electron chi connectivity index (χ0n) is 10.2. The lowest BCUT2D eigenvalue weighted by Gasteiger charge is -2.27. The highest BCUT2D eigenvalue weighted by molar-refractivity contribution is 5.38. The van der Waals surface area contributed by atoms with Gasteiger partial charge in [-0.1, -0.05) is 0 Å². The molecule has 0 radical (unpaired) electrons. The van der Waals surface area contributed by atoms with Crippen LogP contribution in [0.15, 0.2) is 12.4 Å². The van der Waals surface area contributed by atoms with Crippen LogP contribution in [0.3, 0.4) is 0 Å². The maximum absolute atomic E-state index is 5.58. The van der Waals surface area contributed by atoms with E-state index >= 15 is 0 Å². The van der Waals surface area contributed by atoms with Gasteiger partial charge in [0.05, 0.1) is 19.0 Å². The van der Waals surface area contributed by atoms with Gasteiger partial charge in [0.2, 0.25) is 5.88 Å². The van der Waals surface area contributed by atoms with E-state index in [0.717, 1.165) is 12.4 Å². The molecular formula is C11H20N4O.